The average molecular weight is 675 g/mol. The number of hydrogen-bond donors (Lipinski definition) is 0. The molecule has 1 N–H and O–H groups in total. The minimum atomic E-state index is -1.77. The third-order valence-electron chi connectivity index (χ3n) is 6.20. The molecule has 0 saturated carbocycles. The van der Waals surface area contributed by atoms with Crippen LogP contribution in [-0.4, -0.2) is 21.0 Å². The van der Waals surface area contributed by atoms with Crippen LogP contribution in [0.4, 0.5) is 5.69 Å². The Balaban J connectivity index is -0.000000602. The van der Waals surface area contributed by atoms with Crippen molar-refractivity contribution < 1.29 is 22.5 Å². The molecule has 2 aromatic rings. The van der Waals surface area contributed by atoms with Gasteiger partial charge in [0.05, 0.1) is 11.2 Å². The molecule has 0 bridgehead atoms. The maximum absolute atomic E-state index is 5.88. The summed E-state index contributed by atoms with van der Waals surface area (Å²) in [5.74, 6) is 9.59. The summed E-state index contributed by atoms with van der Waals surface area (Å²) in [6.45, 7) is 22.5. The first-order chi connectivity index (χ1) is 18.7. The van der Waals surface area contributed by atoms with E-state index in [9.17, 15) is 0 Å². The number of nitrogens with zero attached hydrogens (tertiary/aromatic N) is 1. The molecule has 40 heavy (non-hydrogen) atoms. The molecule has 1 saturated heterocycles. The topological polar surface area (TPSA) is 16.0 Å². The van der Waals surface area contributed by atoms with Crippen molar-refractivity contribution in [1.82, 2.24) is 0 Å². The van der Waals surface area contributed by atoms with E-state index in [4.69, 9.17) is 32.2 Å². The fourth-order valence-corrected chi connectivity index (χ4v) is 6.76. The van der Waals surface area contributed by atoms with Gasteiger partial charge in [0.25, 0.3) is 0 Å². The number of aliphatic hydroxyl groups is 1. The van der Waals surface area contributed by atoms with Gasteiger partial charge in [0.15, 0.2) is 6.54 Å². The Hall–Kier alpha value is -2.34. The molecule has 1 aliphatic heterocycles. The summed E-state index contributed by atoms with van der Waals surface area (Å²) in [6, 6.07) is 12.9. The number of anilines is 1. The predicted octanol–water partition coefficient (Wildman–Crippen LogP) is 9.70. The van der Waals surface area contributed by atoms with E-state index in [0.717, 1.165) is 24.2 Å². The van der Waals surface area contributed by atoms with E-state index in [-0.39, 0.29) is 21.3 Å². The molecule has 0 radical (unpaired) electrons. The van der Waals surface area contributed by atoms with E-state index in [1.807, 2.05) is 10.7 Å². The Labute approximate surface area is 262 Å². The number of ether oxygens (including phenoxy) is 1. The normalized spacial score (nSPS) is 14.4. The summed E-state index contributed by atoms with van der Waals surface area (Å²) < 4.78 is 6.47. The molecule has 0 aliphatic carbocycles. The van der Waals surface area contributed by atoms with Gasteiger partial charge < -0.3 is 0 Å². The van der Waals surface area contributed by atoms with Crippen molar-refractivity contribution in [1.29, 1.82) is 0 Å². The van der Waals surface area contributed by atoms with Crippen molar-refractivity contribution >= 4 is 29.7 Å². The zero-order valence-corrected chi connectivity index (χ0v) is 28.7. The summed E-state index contributed by atoms with van der Waals surface area (Å²) in [5.41, 5.74) is 7.17. The van der Waals surface area contributed by atoms with Gasteiger partial charge >= 0.3 is 104 Å². The molecule has 0 atom stereocenters. The number of aromatic hydroxyl groups is 1. The first kappa shape index (κ1) is 35.7. The maximum Gasteiger partial charge on any atom is 0 e. The third-order valence-corrected chi connectivity index (χ3v) is 8.03. The summed E-state index contributed by atoms with van der Waals surface area (Å²) in [5, 5.41) is 0. The van der Waals surface area contributed by atoms with Gasteiger partial charge in [-0.15, -0.1) is 12.8 Å². The predicted molar refractivity (Wildman–Crippen MR) is 181 cm³/mol. The number of halogens is 2. The van der Waals surface area contributed by atoms with Crippen LogP contribution in [0.25, 0.3) is 0 Å². The molecule has 1 fully saturated rings. The first-order valence-corrected chi connectivity index (χ1v) is 19.0. The monoisotopic (exact) mass is 674 g/mol. The molecule has 2 aromatic carbocycles. The summed E-state index contributed by atoms with van der Waals surface area (Å²) in [6.07, 6.45) is 13.1. The van der Waals surface area contributed by atoms with Gasteiger partial charge in [-0.2, -0.15) is 0 Å². The zero-order valence-electron chi connectivity index (χ0n) is 25.5. The largest absolute Gasteiger partial charge is 0 e. The minimum Gasteiger partial charge on any atom is 0 e. The van der Waals surface area contributed by atoms with E-state index in [0.29, 0.717) is 0 Å². The molecule has 1 heterocycles. The average Bonchev–Trinajstić information content (AvgIpc) is 3.10. The van der Waals surface area contributed by atoms with Crippen LogP contribution in [0.2, 0.25) is 0 Å². The summed E-state index contributed by atoms with van der Waals surface area (Å²) in [4.78, 5) is 2.55. The van der Waals surface area contributed by atoms with Gasteiger partial charge in [0.2, 0.25) is 0 Å². The van der Waals surface area contributed by atoms with Gasteiger partial charge in [-0.3, -0.25) is 0 Å². The Bertz CT molecular complexity index is 1270. The van der Waals surface area contributed by atoms with E-state index >= 15 is 0 Å². The molecule has 3 rings (SSSR count). The van der Waals surface area contributed by atoms with Gasteiger partial charge in [-0.1, -0.05) is 32.0 Å². The Morgan fingerprint density at radius 2 is 1.62 bits per heavy atom. The second kappa shape index (κ2) is 16.8. The third kappa shape index (κ3) is 11.6. The second-order valence-electron chi connectivity index (χ2n) is 11.2. The van der Waals surface area contributed by atoms with Crippen molar-refractivity contribution in [2.75, 3.05) is 4.90 Å². The van der Waals surface area contributed by atoms with E-state index in [2.05, 4.69) is 133 Å². The molecule has 5 heteroatoms. The second-order valence-corrected chi connectivity index (χ2v) is 17.0. The molecule has 222 valence electrons. The van der Waals surface area contributed by atoms with Crippen molar-refractivity contribution in [2.24, 2.45) is 5.41 Å². The van der Waals surface area contributed by atoms with E-state index in [1.54, 1.807) is 0 Å². The number of terminal acetylenes is 2. The van der Waals surface area contributed by atoms with Crippen molar-refractivity contribution in [2.45, 2.75) is 93.2 Å². The van der Waals surface area contributed by atoms with Crippen LogP contribution in [0.15, 0.2) is 36.4 Å². The number of para-hydroxylation sites is 1. The van der Waals surface area contributed by atoms with Gasteiger partial charge in [0.1, 0.15) is 5.41 Å². The standard InChI is InChI=1S/C18H28N.C11H14O.C6H2.2ClH.Ru.3H2/c1-7-14-10-9-11-15(8-2)16(14)19-13-17(3,4)12-18(19,5)6;1-8(2)12-11-6-5-9(3)7-10(11)4;1-3-5-6-4-2;;;;;;/h9-11,13H,7-8,12H2,1-6H3;4-8H,1-3H3;1-2H;2*1H;;3*1H/q+1;;;;;+2;;;/p-1/i;;;;;;1+1;;. The Kier molecular flexibility index (Phi) is 15.0. The molecule has 2 nitrogen and oxygen atoms in total. The zero-order chi connectivity index (χ0) is 30.5. The summed E-state index contributed by atoms with van der Waals surface area (Å²) in [7, 11) is 11.8. The first-order valence-electron chi connectivity index (χ1n) is 13.5. The quantitative estimate of drug-likeness (QED) is 0.129. The van der Waals surface area contributed by atoms with E-state index < -0.39 is 13.5 Å². The number of aryl methyl sites for hydroxylation is 3. The van der Waals surface area contributed by atoms with Crippen molar-refractivity contribution in [3.05, 3.63) is 65.2 Å². The van der Waals surface area contributed by atoms with Crippen LogP contribution >= 0.6 is 19.4 Å². The van der Waals surface area contributed by atoms with Gasteiger partial charge in [0, 0.05) is 10.7 Å². The Morgan fingerprint density at radius 3 is 2.02 bits per heavy atom. The Morgan fingerprint density at radius 1 is 1.07 bits per heavy atom. The van der Waals surface area contributed by atoms with Crippen LogP contribution in [0.5, 0.6) is 5.75 Å². The van der Waals surface area contributed by atoms with Crippen molar-refractivity contribution in [3.8, 4) is 42.3 Å². The number of benzene rings is 2. The van der Waals surface area contributed by atoms with Crippen molar-refractivity contribution in [3.63, 3.8) is 0 Å². The molecule has 1 aliphatic rings. The van der Waals surface area contributed by atoms with Crippen LogP contribution in [0.3, 0.4) is 0 Å². The molecule has 0 spiro atoms. The maximum atomic E-state index is 5.88. The SMILES string of the molecule is C#CC#CC#C.CCc1cccc(CC)c1N1[CH+]C(C)(C)CC1(C)C.Cc1ccc([OH+]C(C)C)c([CH]=[Ru]([Cl])[Cl])c1.[2HH].[HH].[HH]. The fraction of sp³-hybridized carbons (Fsp3) is 0.429. The van der Waals surface area contributed by atoms with Crippen LogP contribution in [-0.2, 0) is 26.4 Å². The molecule has 0 unspecified atom stereocenters. The smallest absolute Gasteiger partial charge is 0 e. The number of hydrogen-bond acceptors (Lipinski definition) is 1. The molecular formula is C35H51Cl2NORu+2. The van der Waals surface area contributed by atoms with Crippen LogP contribution in [0, 0.1) is 55.4 Å². The molecular weight excluding hydrogens is 622 g/mol. The minimum absolute atomic E-state index is 0. The van der Waals surface area contributed by atoms with E-state index in [1.165, 1.54) is 28.8 Å². The number of rotatable bonds is 6. The van der Waals surface area contributed by atoms with Crippen LogP contribution < -0.4 is 4.90 Å². The molecule has 0 aromatic heterocycles. The summed E-state index contributed by atoms with van der Waals surface area (Å²) >= 11 is -1.77. The van der Waals surface area contributed by atoms with Gasteiger partial charge in [-0.25, -0.2) is 4.90 Å². The fourth-order valence-electron chi connectivity index (χ4n) is 4.97. The van der Waals surface area contributed by atoms with Gasteiger partial charge in [-0.05, 0) is 75.3 Å². The van der Waals surface area contributed by atoms with Crippen LogP contribution in [0.1, 0.15) is 88.3 Å². The molecule has 0 amide bonds.